The van der Waals surface area contributed by atoms with Gasteiger partial charge in [0, 0.05) is 18.8 Å². The maximum atomic E-state index is 4.76. The lowest BCUT2D eigenvalue weighted by Gasteiger charge is -2.21. The lowest BCUT2D eigenvalue weighted by molar-refractivity contribution is 0.295. The van der Waals surface area contributed by atoms with Gasteiger partial charge in [0.1, 0.15) is 16.3 Å². The van der Waals surface area contributed by atoms with Gasteiger partial charge < -0.3 is 10.2 Å². The molecular weight excluding hydrogens is 330 g/mol. The second-order valence-corrected chi connectivity index (χ2v) is 7.01. The summed E-state index contributed by atoms with van der Waals surface area (Å²) in [5, 5.41) is 6.73. The summed E-state index contributed by atoms with van der Waals surface area (Å²) in [6.45, 7) is 9.90. The molecule has 1 N–H and O–H groups in total. The van der Waals surface area contributed by atoms with Crippen molar-refractivity contribution >= 4 is 27.4 Å². The molecule has 3 aromatic heterocycles. The van der Waals surface area contributed by atoms with Crippen molar-refractivity contribution in [2.75, 3.05) is 25.0 Å². The molecule has 0 aliphatic carbocycles. The molecule has 3 rings (SSSR count). The van der Waals surface area contributed by atoms with Crippen LogP contribution in [0.1, 0.15) is 27.2 Å². The summed E-state index contributed by atoms with van der Waals surface area (Å²) in [6.07, 6.45) is 2.85. The van der Waals surface area contributed by atoms with Crippen molar-refractivity contribution < 1.29 is 0 Å². The minimum absolute atomic E-state index is 0.343. The van der Waals surface area contributed by atoms with Crippen LogP contribution in [-0.2, 0) is 0 Å². The molecule has 0 amide bonds. The number of anilines is 1. The maximum absolute atomic E-state index is 4.76. The molecule has 132 valence electrons. The Balaban J connectivity index is 1.81. The fourth-order valence-corrected chi connectivity index (χ4v) is 3.56. The molecule has 0 aromatic carbocycles. The monoisotopic (exact) mass is 355 g/mol. The number of fused-ring (bicyclic) bond motifs is 1. The molecule has 25 heavy (non-hydrogen) atoms. The molecule has 0 spiro atoms. The molecule has 0 aliphatic rings. The van der Waals surface area contributed by atoms with Gasteiger partial charge in [-0.2, -0.15) is 0 Å². The quantitative estimate of drug-likeness (QED) is 0.653. The summed E-state index contributed by atoms with van der Waals surface area (Å²) in [6, 6.07) is 8.24. The van der Waals surface area contributed by atoms with Gasteiger partial charge in [-0.15, -0.1) is 11.3 Å². The molecular formula is C19H25N5S. The summed E-state index contributed by atoms with van der Waals surface area (Å²) in [5.74, 6) is 1.58. The molecule has 5 nitrogen and oxygen atoms in total. The Bertz CT molecular complexity index is 798. The van der Waals surface area contributed by atoms with Gasteiger partial charge in [0.15, 0.2) is 5.82 Å². The third-order valence-electron chi connectivity index (χ3n) is 4.37. The van der Waals surface area contributed by atoms with Gasteiger partial charge >= 0.3 is 0 Å². The average Bonchev–Trinajstić information content (AvgIpc) is 3.12. The summed E-state index contributed by atoms with van der Waals surface area (Å²) in [4.78, 5) is 17.3. The Morgan fingerprint density at radius 1 is 1.16 bits per heavy atom. The molecule has 1 unspecified atom stereocenters. The van der Waals surface area contributed by atoms with Gasteiger partial charge in [-0.25, -0.2) is 9.97 Å². The largest absolute Gasteiger partial charge is 0.367 e. The highest BCUT2D eigenvalue weighted by atomic mass is 32.1. The first-order valence-electron chi connectivity index (χ1n) is 8.86. The zero-order valence-electron chi connectivity index (χ0n) is 15.1. The highest BCUT2D eigenvalue weighted by molar-refractivity contribution is 7.16. The van der Waals surface area contributed by atoms with Crippen LogP contribution >= 0.6 is 11.3 Å². The van der Waals surface area contributed by atoms with E-state index in [1.807, 2.05) is 18.2 Å². The predicted octanol–water partition coefficient (Wildman–Crippen LogP) is 4.29. The van der Waals surface area contributed by atoms with E-state index in [1.54, 1.807) is 17.5 Å². The zero-order valence-corrected chi connectivity index (χ0v) is 15.9. The summed E-state index contributed by atoms with van der Waals surface area (Å²) in [7, 11) is 0. The van der Waals surface area contributed by atoms with Crippen molar-refractivity contribution in [3.63, 3.8) is 0 Å². The van der Waals surface area contributed by atoms with Gasteiger partial charge in [-0.05, 0) is 50.0 Å². The molecule has 1 atom stereocenters. The third kappa shape index (κ3) is 4.32. The van der Waals surface area contributed by atoms with Crippen molar-refractivity contribution in [3.05, 3.63) is 35.8 Å². The third-order valence-corrected chi connectivity index (χ3v) is 5.18. The van der Waals surface area contributed by atoms with E-state index < -0.39 is 0 Å². The number of thiophene rings is 1. The van der Waals surface area contributed by atoms with E-state index in [0.29, 0.717) is 11.9 Å². The van der Waals surface area contributed by atoms with E-state index in [2.05, 4.69) is 52.4 Å². The van der Waals surface area contributed by atoms with E-state index in [1.165, 1.54) is 0 Å². The molecule has 0 aliphatic heterocycles. The number of nitrogens with zero attached hydrogens (tertiary/aromatic N) is 4. The number of hydrogen-bond donors (Lipinski definition) is 1. The Morgan fingerprint density at radius 2 is 2.00 bits per heavy atom. The highest BCUT2D eigenvalue weighted by Gasteiger charge is 2.13. The number of aromatic nitrogens is 3. The van der Waals surface area contributed by atoms with Crippen LogP contribution in [0.4, 0.5) is 5.82 Å². The molecule has 6 heteroatoms. The van der Waals surface area contributed by atoms with Gasteiger partial charge in [-0.1, -0.05) is 19.9 Å². The highest BCUT2D eigenvalue weighted by Crippen LogP contribution is 2.28. The summed E-state index contributed by atoms with van der Waals surface area (Å²) < 4.78 is 0. The molecule has 3 heterocycles. The first-order chi connectivity index (χ1) is 12.2. The van der Waals surface area contributed by atoms with E-state index in [0.717, 1.165) is 47.8 Å². The Hall–Kier alpha value is -2.05. The van der Waals surface area contributed by atoms with E-state index in [9.17, 15) is 0 Å². The Labute approximate surface area is 153 Å². The maximum Gasteiger partial charge on any atom is 0.181 e. The van der Waals surface area contributed by atoms with Crippen molar-refractivity contribution in [2.24, 2.45) is 0 Å². The molecule has 0 radical (unpaired) electrons. The standard InChI is InChI=1S/C19H25N5S/c1-4-24(5-2)12-9-14(3)21-17-15-10-13-25-19(15)23-18(22-17)16-8-6-7-11-20-16/h6-8,10-11,13-14H,4-5,9,12H2,1-3H3,(H,21,22,23). The van der Waals surface area contributed by atoms with Crippen LogP contribution in [0.25, 0.3) is 21.7 Å². The van der Waals surface area contributed by atoms with Crippen LogP contribution in [-0.4, -0.2) is 45.5 Å². The number of pyridine rings is 1. The fraction of sp³-hybridized carbons (Fsp3) is 0.421. The number of hydrogen-bond acceptors (Lipinski definition) is 6. The Morgan fingerprint density at radius 3 is 2.72 bits per heavy atom. The second-order valence-electron chi connectivity index (χ2n) is 6.11. The van der Waals surface area contributed by atoms with E-state index in [4.69, 9.17) is 4.98 Å². The second kappa shape index (κ2) is 8.36. The topological polar surface area (TPSA) is 53.9 Å². The van der Waals surface area contributed by atoms with Crippen LogP contribution in [0.15, 0.2) is 35.8 Å². The smallest absolute Gasteiger partial charge is 0.181 e. The van der Waals surface area contributed by atoms with Crippen LogP contribution in [0.3, 0.4) is 0 Å². The SMILES string of the molecule is CCN(CC)CCC(C)Nc1nc(-c2ccccn2)nc2sccc12. The first-order valence-corrected chi connectivity index (χ1v) is 9.74. The van der Waals surface area contributed by atoms with Gasteiger partial charge in [0.05, 0.1) is 5.39 Å². The zero-order chi connectivity index (χ0) is 17.6. The van der Waals surface area contributed by atoms with Gasteiger partial charge in [0.25, 0.3) is 0 Å². The van der Waals surface area contributed by atoms with Crippen molar-refractivity contribution in [1.82, 2.24) is 19.9 Å². The minimum Gasteiger partial charge on any atom is -0.367 e. The van der Waals surface area contributed by atoms with Gasteiger partial charge in [-0.3, -0.25) is 4.98 Å². The Kier molecular flexibility index (Phi) is 5.94. The molecule has 0 saturated carbocycles. The van der Waals surface area contributed by atoms with Crippen LogP contribution < -0.4 is 5.32 Å². The van der Waals surface area contributed by atoms with Crippen molar-refractivity contribution in [2.45, 2.75) is 33.2 Å². The lowest BCUT2D eigenvalue weighted by atomic mass is 10.2. The average molecular weight is 356 g/mol. The fourth-order valence-electron chi connectivity index (χ4n) is 2.80. The molecule has 0 bridgehead atoms. The predicted molar refractivity (Wildman–Crippen MR) is 106 cm³/mol. The van der Waals surface area contributed by atoms with Crippen LogP contribution in [0.5, 0.6) is 0 Å². The number of rotatable bonds is 8. The van der Waals surface area contributed by atoms with E-state index in [-0.39, 0.29) is 0 Å². The van der Waals surface area contributed by atoms with Gasteiger partial charge in [0.2, 0.25) is 0 Å². The molecule has 0 fully saturated rings. The van der Waals surface area contributed by atoms with Crippen molar-refractivity contribution in [3.8, 4) is 11.5 Å². The normalized spacial score (nSPS) is 12.6. The summed E-state index contributed by atoms with van der Waals surface area (Å²) in [5.41, 5.74) is 0.802. The first kappa shape index (κ1) is 17.8. The number of nitrogens with one attached hydrogen (secondary N) is 1. The lowest BCUT2D eigenvalue weighted by Crippen LogP contribution is -2.28. The summed E-state index contributed by atoms with van der Waals surface area (Å²) >= 11 is 1.64. The van der Waals surface area contributed by atoms with Crippen LogP contribution in [0, 0.1) is 0 Å². The molecule has 0 saturated heterocycles. The minimum atomic E-state index is 0.343. The van der Waals surface area contributed by atoms with Crippen molar-refractivity contribution in [1.29, 1.82) is 0 Å². The molecule has 3 aromatic rings. The van der Waals surface area contributed by atoms with E-state index >= 15 is 0 Å². The van der Waals surface area contributed by atoms with Crippen LogP contribution in [0.2, 0.25) is 0 Å².